The quantitative estimate of drug-likeness (QED) is 0.869. The van der Waals surface area contributed by atoms with Gasteiger partial charge in [-0.3, -0.25) is 4.79 Å². The summed E-state index contributed by atoms with van der Waals surface area (Å²) in [5.74, 6) is 0.493. The first-order valence-electron chi connectivity index (χ1n) is 7.36. The zero-order valence-electron chi connectivity index (χ0n) is 12.3. The molecule has 1 aliphatic heterocycles. The SMILES string of the molecule is CC(C)c1ccccc1NCC(=O)NC1CCOCC1. The molecule has 0 unspecified atom stereocenters. The molecular formula is C16H24N2O2. The number of carbonyl (C=O) groups is 1. The molecule has 1 aromatic carbocycles. The first-order valence-corrected chi connectivity index (χ1v) is 7.36. The van der Waals surface area contributed by atoms with Crippen LogP contribution in [0.5, 0.6) is 0 Å². The molecule has 0 radical (unpaired) electrons. The van der Waals surface area contributed by atoms with Gasteiger partial charge in [-0.25, -0.2) is 0 Å². The summed E-state index contributed by atoms with van der Waals surface area (Å²) >= 11 is 0. The van der Waals surface area contributed by atoms with E-state index in [2.05, 4.69) is 30.5 Å². The van der Waals surface area contributed by atoms with Crippen LogP contribution in [0, 0.1) is 0 Å². The van der Waals surface area contributed by atoms with Gasteiger partial charge in [0.15, 0.2) is 0 Å². The fraction of sp³-hybridized carbons (Fsp3) is 0.562. The third-order valence-corrected chi connectivity index (χ3v) is 3.61. The van der Waals surface area contributed by atoms with Crippen molar-refractivity contribution in [2.45, 2.75) is 38.6 Å². The van der Waals surface area contributed by atoms with E-state index in [-0.39, 0.29) is 11.9 Å². The van der Waals surface area contributed by atoms with Crippen LogP contribution in [0.25, 0.3) is 0 Å². The van der Waals surface area contributed by atoms with Crippen molar-refractivity contribution in [1.82, 2.24) is 5.32 Å². The number of ether oxygens (including phenoxy) is 1. The normalized spacial score (nSPS) is 16.1. The minimum atomic E-state index is 0.0514. The van der Waals surface area contributed by atoms with Crippen LogP contribution in [0.15, 0.2) is 24.3 Å². The van der Waals surface area contributed by atoms with Crippen molar-refractivity contribution in [2.75, 3.05) is 25.1 Å². The largest absolute Gasteiger partial charge is 0.381 e. The molecule has 1 amide bonds. The Morgan fingerprint density at radius 2 is 2.00 bits per heavy atom. The van der Waals surface area contributed by atoms with Crippen LogP contribution in [-0.4, -0.2) is 31.7 Å². The minimum absolute atomic E-state index is 0.0514. The highest BCUT2D eigenvalue weighted by Crippen LogP contribution is 2.23. The first-order chi connectivity index (χ1) is 9.66. The van der Waals surface area contributed by atoms with Crippen molar-refractivity contribution in [2.24, 2.45) is 0 Å². The summed E-state index contributed by atoms with van der Waals surface area (Å²) in [7, 11) is 0. The summed E-state index contributed by atoms with van der Waals surface area (Å²) in [5.41, 5.74) is 2.29. The number of carbonyl (C=O) groups excluding carboxylic acids is 1. The minimum Gasteiger partial charge on any atom is -0.381 e. The number of anilines is 1. The lowest BCUT2D eigenvalue weighted by molar-refractivity contribution is -0.120. The average molecular weight is 276 g/mol. The Kier molecular flexibility index (Phi) is 5.41. The number of para-hydroxylation sites is 1. The Labute approximate surface area is 120 Å². The summed E-state index contributed by atoms with van der Waals surface area (Å²) in [4.78, 5) is 12.0. The van der Waals surface area contributed by atoms with E-state index in [0.717, 1.165) is 31.7 Å². The van der Waals surface area contributed by atoms with Crippen LogP contribution in [0.1, 0.15) is 38.2 Å². The highest BCUT2D eigenvalue weighted by molar-refractivity contribution is 5.81. The second-order valence-corrected chi connectivity index (χ2v) is 5.55. The molecule has 1 aliphatic rings. The Hall–Kier alpha value is -1.55. The van der Waals surface area contributed by atoms with Crippen molar-refractivity contribution in [1.29, 1.82) is 0 Å². The third kappa shape index (κ3) is 4.23. The van der Waals surface area contributed by atoms with Crippen LogP contribution in [0.4, 0.5) is 5.69 Å². The van der Waals surface area contributed by atoms with E-state index in [9.17, 15) is 4.79 Å². The van der Waals surface area contributed by atoms with E-state index < -0.39 is 0 Å². The highest BCUT2D eigenvalue weighted by atomic mass is 16.5. The van der Waals surface area contributed by atoms with Gasteiger partial charge in [0.05, 0.1) is 6.54 Å². The molecule has 1 aromatic rings. The van der Waals surface area contributed by atoms with Gasteiger partial charge < -0.3 is 15.4 Å². The fourth-order valence-corrected chi connectivity index (χ4v) is 2.46. The average Bonchev–Trinajstić information content (AvgIpc) is 2.46. The second-order valence-electron chi connectivity index (χ2n) is 5.55. The lowest BCUT2D eigenvalue weighted by atomic mass is 10.0. The smallest absolute Gasteiger partial charge is 0.239 e. The van der Waals surface area contributed by atoms with Crippen LogP contribution < -0.4 is 10.6 Å². The number of benzene rings is 1. The molecule has 4 nitrogen and oxygen atoms in total. The topological polar surface area (TPSA) is 50.4 Å². The van der Waals surface area contributed by atoms with Crippen molar-refractivity contribution >= 4 is 11.6 Å². The molecular weight excluding hydrogens is 252 g/mol. The lowest BCUT2D eigenvalue weighted by Crippen LogP contribution is -2.41. The molecule has 0 atom stereocenters. The second kappa shape index (κ2) is 7.29. The van der Waals surface area contributed by atoms with Gasteiger partial charge in [-0.15, -0.1) is 0 Å². The maximum absolute atomic E-state index is 12.0. The number of amides is 1. The molecule has 1 fully saturated rings. The lowest BCUT2D eigenvalue weighted by Gasteiger charge is -2.23. The van der Waals surface area contributed by atoms with Crippen molar-refractivity contribution in [3.63, 3.8) is 0 Å². The molecule has 1 saturated heterocycles. The van der Waals surface area contributed by atoms with Crippen LogP contribution in [0.3, 0.4) is 0 Å². The van der Waals surface area contributed by atoms with Gasteiger partial charge in [-0.2, -0.15) is 0 Å². The Balaban J connectivity index is 1.83. The summed E-state index contributed by atoms with van der Waals surface area (Å²) in [6.45, 7) is 6.12. The Morgan fingerprint density at radius 3 is 2.70 bits per heavy atom. The molecule has 0 bridgehead atoms. The van der Waals surface area contributed by atoms with Gasteiger partial charge in [-0.1, -0.05) is 32.0 Å². The number of rotatable bonds is 5. The van der Waals surface area contributed by atoms with Gasteiger partial charge in [0, 0.05) is 24.9 Å². The van der Waals surface area contributed by atoms with Gasteiger partial charge in [0.1, 0.15) is 0 Å². The molecule has 0 spiro atoms. The number of hydrogen-bond acceptors (Lipinski definition) is 3. The predicted molar refractivity (Wildman–Crippen MR) is 81.0 cm³/mol. The van der Waals surface area contributed by atoms with Crippen molar-refractivity contribution in [3.05, 3.63) is 29.8 Å². The number of nitrogens with one attached hydrogen (secondary N) is 2. The van der Waals surface area contributed by atoms with Gasteiger partial charge in [0.25, 0.3) is 0 Å². The van der Waals surface area contributed by atoms with Gasteiger partial charge in [-0.05, 0) is 30.4 Å². The molecule has 4 heteroatoms. The first kappa shape index (κ1) is 14.9. The maximum atomic E-state index is 12.0. The predicted octanol–water partition coefficient (Wildman–Crippen LogP) is 2.52. The maximum Gasteiger partial charge on any atom is 0.239 e. The van der Waals surface area contributed by atoms with E-state index >= 15 is 0 Å². The molecule has 2 N–H and O–H groups in total. The monoisotopic (exact) mass is 276 g/mol. The van der Waals surface area contributed by atoms with E-state index in [1.165, 1.54) is 5.56 Å². The molecule has 20 heavy (non-hydrogen) atoms. The number of hydrogen-bond donors (Lipinski definition) is 2. The van der Waals surface area contributed by atoms with E-state index in [1.807, 2.05) is 18.2 Å². The van der Waals surface area contributed by atoms with Gasteiger partial charge >= 0.3 is 0 Å². The summed E-state index contributed by atoms with van der Waals surface area (Å²) < 4.78 is 5.29. The highest BCUT2D eigenvalue weighted by Gasteiger charge is 2.16. The van der Waals surface area contributed by atoms with E-state index in [0.29, 0.717) is 12.5 Å². The van der Waals surface area contributed by atoms with Crippen LogP contribution >= 0.6 is 0 Å². The summed E-state index contributed by atoms with van der Waals surface area (Å²) in [5, 5.41) is 6.30. The van der Waals surface area contributed by atoms with Crippen molar-refractivity contribution in [3.8, 4) is 0 Å². The van der Waals surface area contributed by atoms with E-state index in [4.69, 9.17) is 4.74 Å². The molecule has 0 aliphatic carbocycles. The van der Waals surface area contributed by atoms with Gasteiger partial charge in [0.2, 0.25) is 5.91 Å². The van der Waals surface area contributed by atoms with Crippen LogP contribution in [0.2, 0.25) is 0 Å². The van der Waals surface area contributed by atoms with E-state index in [1.54, 1.807) is 0 Å². The Bertz CT molecular complexity index is 440. The fourth-order valence-electron chi connectivity index (χ4n) is 2.46. The third-order valence-electron chi connectivity index (χ3n) is 3.61. The molecule has 0 saturated carbocycles. The molecule has 2 rings (SSSR count). The zero-order valence-corrected chi connectivity index (χ0v) is 12.3. The summed E-state index contributed by atoms with van der Waals surface area (Å²) in [6, 6.07) is 8.41. The molecule has 0 aromatic heterocycles. The zero-order chi connectivity index (χ0) is 14.4. The van der Waals surface area contributed by atoms with Crippen molar-refractivity contribution < 1.29 is 9.53 Å². The standard InChI is InChI=1S/C16H24N2O2/c1-12(2)14-5-3-4-6-15(14)17-11-16(19)18-13-7-9-20-10-8-13/h3-6,12-13,17H,7-11H2,1-2H3,(H,18,19). The Morgan fingerprint density at radius 1 is 1.30 bits per heavy atom. The van der Waals surface area contributed by atoms with Crippen LogP contribution in [-0.2, 0) is 9.53 Å². The molecule has 110 valence electrons. The summed E-state index contributed by atoms with van der Waals surface area (Å²) in [6.07, 6.45) is 1.82. The molecule has 1 heterocycles.